The van der Waals surface area contributed by atoms with E-state index < -0.39 is 0 Å². The van der Waals surface area contributed by atoms with Crippen molar-refractivity contribution in [1.29, 1.82) is 0 Å². The van der Waals surface area contributed by atoms with Gasteiger partial charge >= 0.3 is 0 Å². The molecule has 0 unspecified atom stereocenters. The topological polar surface area (TPSA) is 49.3 Å². The molecule has 18 heavy (non-hydrogen) atoms. The largest absolute Gasteiger partial charge is 0.396 e. The van der Waals surface area contributed by atoms with Crippen LogP contribution in [0.3, 0.4) is 0 Å². The number of aliphatic hydroxyl groups is 1. The highest BCUT2D eigenvalue weighted by Gasteiger charge is 2.26. The Morgan fingerprint density at radius 3 is 2.22 bits per heavy atom. The van der Waals surface area contributed by atoms with E-state index in [1.807, 2.05) is 0 Å². The first-order valence-electron chi connectivity index (χ1n) is 7.68. The van der Waals surface area contributed by atoms with Crippen LogP contribution in [0.15, 0.2) is 0 Å². The molecule has 0 spiro atoms. The summed E-state index contributed by atoms with van der Waals surface area (Å²) in [6.07, 6.45) is 10.4. The van der Waals surface area contributed by atoms with Crippen LogP contribution in [-0.2, 0) is 4.79 Å². The summed E-state index contributed by atoms with van der Waals surface area (Å²) in [5.74, 6) is 2.04. The second-order valence-corrected chi connectivity index (χ2v) is 6.11. The Balaban J connectivity index is 1.58. The SMILES string of the molecule is O=C(NCCC1CCC1)C1CCC(CCO)CC1. The molecule has 0 aromatic carbocycles. The third-order valence-electron chi connectivity index (χ3n) is 4.83. The standard InChI is InChI=1S/C15H27NO2/c17-11-9-13-4-6-14(7-5-13)15(18)16-10-8-12-2-1-3-12/h12-14,17H,1-11H2,(H,16,18). The number of amides is 1. The molecule has 2 rings (SSSR count). The molecule has 3 heteroatoms. The molecule has 0 aliphatic heterocycles. The van der Waals surface area contributed by atoms with Gasteiger partial charge in [-0.1, -0.05) is 19.3 Å². The lowest BCUT2D eigenvalue weighted by atomic mass is 9.80. The quantitative estimate of drug-likeness (QED) is 0.764. The van der Waals surface area contributed by atoms with E-state index in [0.29, 0.717) is 12.5 Å². The summed E-state index contributed by atoms with van der Waals surface area (Å²) in [6, 6.07) is 0. The first-order valence-corrected chi connectivity index (χ1v) is 7.68. The molecule has 2 aliphatic carbocycles. The fourth-order valence-electron chi connectivity index (χ4n) is 3.22. The molecule has 0 radical (unpaired) electrons. The molecular weight excluding hydrogens is 226 g/mol. The first kappa shape index (κ1) is 13.9. The summed E-state index contributed by atoms with van der Waals surface area (Å²) in [5, 5.41) is 12.0. The number of carbonyl (C=O) groups excluding carboxylic acids is 1. The Kier molecular flexibility index (Phi) is 5.48. The molecule has 0 aromatic heterocycles. The average Bonchev–Trinajstić information content (AvgIpc) is 2.33. The van der Waals surface area contributed by atoms with Crippen LogP contribution in [0.1, 0.15) is 57.8 Å². The molecule has 104 valence electrons. The highest BCUT2D eigenvalue weighted by atomic mass is 16.3. The van der Waals surface area contributed by atoms with Gasteiger partial charge in [0.1, 0.15) is 0 Å². The maximum Gasteiger partial charge on any atom is 0.223 e. The minimum absolute atomic E-state index is 0.237. The molecule has 1 amide bonds. The zero-order valence-corrected chi connectivity index (χ0v) is 11.4. The van der Waals surface area contributed by atoms with Gasteiger partial charge in [-0.2, -0.15) is 0 Å². The average molecular weight is 253 g/mol. The first-order chi connectivity index (χ1) is 8.79. The van der Waals surface area contributed by atoms with Crippen LogP contribution in [0.5, 0.6) is 0 Å². The van der Waals surface area contributed by atoms with Gasteiger partial charge in [-0.25, -0.2) is 0 Å². The summed E-state index contributed by atoms with van der Waals surface area (Å²) in [5.41, 5.74) is 0. The Morgan fingerprint density at radius 2 is 1.67 bits per heavy atom. The van der Waals surface area contributed by atoms with Gasteiger partial charge in [0, 0.05) is 19.1 Å². The van der Waals surface area contributed by atoms with E-state index >= 15 is 0 Å². The van der Waals surface area contributed by atoms with Crippen LogP contribution in [0, 0.1) is 17.8 Å². The van der Waals surface area contributed by atoms with Crippen molar-refractivity contribution in [3.63, 3.8) is 0 Å². The third-order valence-corrected chi connectivity index (χ3v) is 4.83. The van der Waals surface area contributed by atoms with Gasteiger partial charge in [0.2, 0.25) is 5.91 Å². The lowest BCUT2D eigenvalue weighted by Gasteiger charge is -2.28. The lowest BCUT2D eigenvalue weighted by Crippen LogP contribution is -2.34. The van der Waals surface area contributed by atoms with Crippen molar-refractivity contribution < 1.29 is 9.90 Å². The monoisotopic (exact) mass is 253 g/mol. The van der Waals surface area contributed by atoms with E-state index in [2.05, 4.69) is 5.32 Å². The molecule has 0 bridgehead atoms. The fourth-order valence-corrected chi connectivity index (χ4v) is 3.22. The molecule has 0 aromatic rings. The van der Waals surface area contributed by atoms with Crippen LogP contribution in [0.2, 0.25) is 0 Å². The minimum Gasteiger partial charge on any atom is -0.396 e. The highest BCUT2D eigenvalue weighted by molar-refractivity contribution is 5.78. The number of rotatable bonds is 6. The van der Waals surface area contributed by atoms with E-state index in [9.17, 15) is 4.79 Å². The summed E-state index contributed by atoms with van der Waals surface area (Å²) >= 11 is 0. The molecule has 2 saturated carbocycles. The Labute approximate surface area is 110 Å². The molecule has 0 heterocycles. The molecular formula is C15H27NO2. The normalized spacial score (nSPS) is 28.7. The molecule has 2 aliphatic rings. The fraction of sp³-hybridized carbons (Fsp3) is 0.933. The van der Waals surface area contributed by atoms with Crippen molar-refractivity contribution >= 4 is 5.91 Å². The van der Waals surface area contributed by atoms with Crippen molar-refractivity contribution in [2.45, 2.75) is 57.8 Å². The van der Waals surface area contributed by atoms with E-state index in [1.54, 1.807) is 0 Å². The van der Waals surface area contributed by atoms with E-state index in [-0.39, 0.29) is 11.8 Å². The van der Waals surface area contributed by atoms with Crippen LogP contribution in [0.25, 0.3) is 0 Å². The molecule has 0 atom stereocenters. The zero-order chi connectivity index (χ0) is 12.8. The van der Waals surface area contributed by atoms with Crippen molar-refractivity contribution in [3.8, 4) is 0 Å². The summed E-state index contributed by atoms with van der Waals surface area (Å²) in [6.45, 7) is 1.17. The van der Waals surface area contributed by atoms with Crippen molar-refractivity contribution in [3.05, 3.63) is 0 Å². The number of nitrogens with one attached hydrogen (secondary N) is 1. The van der Waals surface area contributed by atoms with Crippen molar-refractivity contribution in [2.75, 3.05) is 13.2 Å². The molecule has 2 N–H and O–H groups in total. The number of aliphatic hydroxyl groups excluding tert-OH is 1. The van der Waals surface area contributed by atoms with Gasteiger partial charge in [0.15, 0.2) is 0 Å². The maximum atomic E-state index is 12.0. The van der Waals surface area contributed by atoms with Crippen LogP contribution in [-0.4, -0.2) is 24.2 Å². The smallest absolute Gasteiger partial charge is 0.223 e. The summed E-state index contributed by atoms with van der Waals surface area (Å²) in [4.78, 5) is 12.0. The summed E-state index contributed by atoms with van der Waals surface area (Å²) in [7, 11) is 0. The lowest BCUT2D eigenvalue weighted by molar-refractivity contribution is -0.126. The predicted octanol–water partition coefficient (Wildman–Crippen LogP) is 2.48. The van der Waals surface area contributed by atoms with Gasteiger partial charge in [0.05, 0.1) is 0 Å². The van der Waals surface area contributed by atoms with Crippen LogP contribution < -0.4 is 5.32 Å². The molecule has 0 saturated heterocycles. The summed E-state index contributed by atoms with van der Waals surface area (Å²) < 4.78 is 0. The number of hydrogen-bond donors (Lipinski definition) is 2. The highest BCUT2D eigenvalue weighted by Crippen LogP contribution is 2.31. The molecule has 3 nitrogen and oxygen atoms in total. The number of hydrogen-bond acceptors (Lipinski definition) is 2. The van der Waals surface area contributed by atoms with Gasteiger partial charge < -0.3 is 10.4 Å². The predicted molar refractivity (Wildman–Crippen MR) is 72.1 cm³/mol. The van der Waals surface area contributed by atoms with Crippen molar-refractivity contribution in [1.82, 2.24) is 5.32 Å². The number of carbonyl (C=O) groups is 1. The second-order valence-electron chi connectivity index (χ2n) is 6.11. The third kappa shape index (κ3) is 3.98. The van der Waals surface area contributed by atoms with Gasteiger partial charge in [-0.3, -0.25) is 4.79 Å². The van der Waals surface area contributed by atoms with E-state index in [0.717, 1.165) is 44.6 Å². The van der Waals surface area contributed by atoms with Gasteiger partial charge in [-0.05, 0) is 50.4 Å². The van der Waals surface area contributed by atoms with E-state index in [1.165, 1.54) is 25.7 Å². The zero-order valence-electron chi connectivity index (χ0n) is 11.4. The van der Waals surface area contributed by atoms with Gasteiger partial charge in [0.25, 0.3) is 0 Å². The molecule has 2 fully saturated rings. The van der Waals surface area contributed by atoms with E-state index in [4.69, 9.17) is 5.11 Å². The Hall–Kier alpha value is -0.570. The second kappa shape index (κ2) is 7.13. The Morgan fingerprint density at radius 1 is 1.00 bits per heavy atom. The maximum absolute atomic E-state index is 12.0. The van der Waals surface area contributed by atoms with Crippen LogP contribution >= 0.6 is 0 Å². The van der Waals surface area contributed by atoms with Crippen molar-refractivity contribution in [2.24, 2.45) is 17.8 Å². The van der Waals surface area contributed by atoms with Crippen LogP contribution in [0.4, 0.5) is 0 Å². The minimum atomic E-state index is 0.237. The van der Waals surface area contributed by atoms with Gasteiger partial charge in [-0.15, -0.1) is 0 Å². The Bertz CT molecular complexity index is 255.